The predicted molar refractivity (Wildman–Crippen MR) is 180 cm³/mol. The maximum absolute atomic E-state index is 14.3. The number of hydrogen-bond donors (Lipinski definition) is 3. The molecule has 0 aliphatic heterocycles. The van der Waals surface area contributed by atoms with Gasteiger partial charge in [0.1, 0.15) is 28.4 Å². The number of amides is 3. The van der Waals surface area contributed by atoms with Crippen molar-refractivity contribution in [2.45, 2.75) is 58.7 Å². The van der Waals surface area contributed by atoms with E-state index < -0.39 is 52.8 Å². The molecule has 2 aromatic heterocycles. The zero-order valence-electron chi connectivity index (χ0n) is 28.1. The van der Waals surface area contributed by atoms with Gasteiger partial charge in [-0.3, -0.25) is 14.4 Å². The van der Waals surface area contributed by atoms with E-state index in [4.69, 9.17) is 4.74 Å². The van der Waals surface area contributed by atoms with Crippen LogP contribution < -0.4 is 16.0 Å². The fraction of sp³-hybridized carbons (Fsp3) is 0.243. The van der Waals surface area contributed by atoms with Crippen LogP contribution in [-0.4, -0.2) is 43.9 Å². The lowest BCUT2D eigenvalue weighted by molar-refractivity contribution is 0.00682. The van der Waals surface area contributed by atoms with Crippen molar-refractivity contribution >= 4 is 35.0 Å². The van der Waals surface area contributed by atoms with Crippen LogP contribution in [0, 0.1) is 24.4 Å². The Morgan fingerprint density at radius 1 is 0.902 bits per heavy atom. The van der Waals surface area contributed by atoms with E-state index in [-0.39, 0.29) is 40.4 Å². The summed E-state index contributed by atoms with van der Waals surface area (Å²) in [7, 11) is 0. The summed E-state index contributed by atoms with van der Waals surface area (Å²) in [5.74, 6) is -5.49. The number of carbonyl (C=O) groups excluding carboxylic acids is 4. The molecule has 0 spiro atoms. The molecule has 0 fully saturated rings. The van der Waals surface area contributed by atoms with Gasteiger partial charge in [0.25, 0.3) is 17.7 Å². The molecule has 3 amide bonds. The Morgan fingerprint density at radius 3 is 2.39 bits per heavy atom. The Bertz CT molecular complexity index is 2230. The van der Waals surface area contributed by atoms with Crippen molar-refractivity contribution < 1.29 is 37.1 Å². The van der Waals surface area contributed by atoms with E-state index in [0.717, 1.165) is 39.5 Å². The number of esters is 1. The number of carbonyl (C=O) groups is 4. The summed E-state index contributed by atoms with van der Waals surface area (Å²) in [4.78, 5) is 57.8. The zero-order valence-corrected chi connectivity index (χ0v) is 28.1. The van der Waals surface area contributed by atoms with E-state index >= 15 is 0 Å². The van der Waals surface area contributed by atoms with Crippen LogP contribution in [0.1, 0.15) is 97.2 Å². The molecule has 1 atom stereocenters. The number of benzene rings is 3. The average molecular weight is 699 g/mol. The lowest BCUT2D eigenvalue weighted by Crippen LogP contribution is -2.31. The van der Waals surface area contributed by atoms with E-state index in [2.05, 4.69) is 26.0 Å². The molecule has 0 unspecified atom stereocenters. The third-order valence-electron chi connectivity index (χ3n) is 8.36. The molecule has 0 saturated heterocycles. The molecule has 6 rings (SSSR count). The molecule has 3 aromatic carbocycles. The molecule has 1 aliphatic carbocycles. The second kappa shape index (κ2) is 13.7. The molecular weight excluding hydrogens is 665 g/mol. The largest absolute Gasteiger partial charge is 0.456 e. The number of fused-ring (bicyclic) bond motifs is 2. The maximum atomic E-state index is 14.3. The minimum atomic E-state index is -1.09. The zero-order chi connectivity index (χ0) is 36.6. The molecule has 1 aliphatic rings. The van der Waals surface area contributed by atoms with Crippen molar-refractivity contribution in [3.63, 3.8) is 0 Å². The number of aromatic nitrogens is 3. The number of ether oxygens (including phenoxy) is 1. The summed E-state index contributed by atoms with van der Waals surface area (Å²) in [6.45, 7) is 6.99. The van der Waals surface area contributed by atoms with Crippen molar-refractivity contribution in [1.82, 2.24) is 25.2 Å². The van der Waals surface area contributed by atoms with E-state index in [1.807, 2.05) is 6.92 Å². The van der Waals surface area contributed by atoms with Crippen molar-refractivity contribution in [3.05, 3.63) is 129 Å². The molecule has 5 aromatic rings. The first-order valence-electron chi connectivity index (χ1n) is 16.0. The summed E-state index contributed by atoms with van der Waals surface area (Å²) >= 11 is 0. The normalized spacial score (nSPS) is 13.8. The quantitative estimate of drug-likeness (QED) is 0.169. The van der Waals surface area contributed by atoms with Gasteiger partial charge in [-0.25, -0.2) is 27.5 Å². The molecule has 14 heteroatoms. The van der Waals surface area contributed by atoms with Crippen LogP contribution in [0.3, 0.4) is 0 Å². The van der Waals surface area contributed by atoms with Crippen LogP contribution in [0.4, 0.5) is 18.9 Å². The fourth-order valence-electron chi connectivity index (χ4n) is 5.89. The van der Waals surface area contributed by atoms with Crippen LogP contribution in [0.5, 0.6) is 0 Å². The van der Waals surface area contributed by atoms with Crippen molar-refractivity contribution in [2.24, 2.45) is 0 Å². The van der Waals surface area contributed by atoms with E-state index in [1.165, 1.54) is 36.4 Å². The topological polar surface area (TPSA) is 144 Å². The molecule has 262 valence electrons. The van der Waals surface area contributed by atoms with Gasteiger partial charge in [0.15, 0.2) is 17.3 Å². The molecule has 11 nitrogen and oxygen atoms in total. The highest BCUT2D eigenvalue weighted by Gasteiger charge is 2.31. The molecule has 3 N–H and O–H groups in total. The molecule has 2 heterocycles. The number of nitrogens with zero attached hydrogens (tertiary/aromatic N) is 3. The molecular formula is C37H33F3N6O5. The van der Waals surface area contributed by atoms with Gasteiger partial charge in [-0.05, 0) is 93.1 Å². The minimum absolute atomic E-state index is 0.106. The maximum Gasteiger partial charge on any atom is 0.338 e. The Labute approximate surface area is 290 Å². The summed E-state index contributed by atoms with van der Waals surface area (Å²) in [6, 6.07) is 12.9. The Hall–Kier alpha value is -6.05. The first kappa shape index (κ1) is 34.8. The predicted octanol–water partition coefficient (Wildman–Crippen LogP) is 6.01. The highest BCUT2D eigenvalue weighted by Crippen LogP contribution is 2.35. The van der Waals surface area contributed by atoms with Gasteiger partial charge in [-0.15, -0.1) is 0 Å². The van der Waals surface area contributed by atoms with Crippen LogP contribution >= 0.6 is 0 Å². The summed E-state index contributed by atoms with van der Waals surface area (Å²) in [6.07, 6.45) is 2.24. The lowest BCUT2D eigenvalue weighted by atomic mass is 9.97. The van der Waals surface area contributed by atoms with Gasteiger partial charge >= 0.3 is 5.97 Å². The number of halogens is 3. The second-order valence-electron chi connectivity index (χ2n) is 13.1. The number of hydrogen-bond acceptors (Lipinski definition) is 7. The van der Waals surface area contributed by atoms with Crippen LogP contribution in [0.25, 0.3) is 5.65 Å². The molecule has 0 radical (unpaired) electrons. The van der Waals surface area contributed by atoms with E-state index in [1.54, 1.807) is 32.9 Å². The third kappa shape index (κ3) is 7.30. The van der Waals surface area contributed by atoms with Crippen molar-refractivity contribution in [3.8, 4) is 0 Å². The smallest absolute Gasteiger partial charge is 0.338 e. The first-order chi connectivity index (χ1) is 24.2. The van der Waals surface area contributed by atoms with E-state index in [0.29, 0.717) is 18.4 Å². The fourth-order valence-corrected chi connectivity index (χ4v) is 5.89. The standard InChI is InChI=1S/C37H33F3N6O5/c1-19-21-12-14-28(23(21)11-10-22(19)36(50)51-37(2,3)4)44-35(49)31-16-30(34(48)41-17-20-9-13-25(38)27(40)15-20)43-32-24(18-42-46(31)32)33(47)45-29-8-6-5-7-26(29)39/h5-11,13,15-16,18,28H,12,14,17H2,1-4H3,(H,41,48)(H,44,49)(H,45,47)/t28-/m0/s1. The average Bonchev–Trinajstić information content (AvgIpc) is 3.70. The van der Waals surface area contributed by atoms with Crippen molar-refractivity contribution in [2.75, 3.05) is 5.32 Å². The lowest BCUT2D eigenvalue weighted by Gasteiger charge is -2.21. The Kier molecular flexibility index (Phi) is 9.34. The second-order valence-corrected chi connectivity index (χ2v) is 13.1. The third-order valence-corrected chi connectivity index (χ3v) is 8.36. The van der Waals surface area contributed by atoms with Gasteiger partial charge in [-0.1, -0.05) is 24.3 Å². The highest BCUT2D eigenvalue weighted by molar-refractivity contribution is 6.09. The molecule has 0 bridgehead atoms. The van der Waals surface area contributed by atoms with Gasteiger partial charge in [0.05, 0.1) is 23.5 Å². The van der Waals surface area contributed by atoms with Gasteiger partial charge in [-0.2, -0.15) is 5.10 Å². The minimum Gasteiger partial charge on any atom is -0.456 e. The number of para-hydroxylation sites is 1. The summed E-state index contributed by atoms with van der Waals surface area (Å²) < 4.78 is 48.2. The van der Waals surface area contributed by atoms with Crippen LogP contribution in [0.2, 0.25) is 0 Å². The number of nitrogens with one attached hydrogen (secondary N) is 3. The number of rotatable bonds is 8. The van der Waals surface area contributed by atoms with Crippen LogP contribution in [0.15, 0.2) is 66.9 Å². The molecule has 0 saturated carbocycles. The Morgan fingerprint density at radius 2 is 1.67 bits per heavy atom. The summed E-state index contributed by atoms with van der Waals surface area (Å²) in [5.41, 5.74) is 1.66. The van der Waals surface area contributed by atoms with Gasteiger partial charge in [0, 0.05) is 12.6 Å². The summed E-state index contributed by atoms with van der Waals surface area (Å²) in [5, 5.41) is 12.2. The number of anilines is 1. The SMILES string of the molecule is Cc1c(C(=O)OC(C)(C)C)ccc2c1CC[C@@H]2NC(=O)c1cc(C(=O)NCc2ccc(F)c(F)c2)nc2c(C(=O)Nc3ccccc3F)cnn12. The Balaban J connectivity index is 1.32. The monoisotopic (exact) mass is 698 g/mol. The van der Waals surface area contributed by atoms with Crippen molar-refractivity contribution in [1.29, 1.82) is 0 Å². The van der Waals surface area contributed by atoms with Gasteiger partial charge in [0.2, 0.25) is 0 Å². The van der Waals surface area contributed by atoms with E-state index in [9.17, 15) is 32.3 Å². The van der Waals surface area contributed by atoms with Gasteiger partial charge < -0.3 is 20.7 Å². The first-order valence-corrected chi connectivity index (χ1v) is 16.0. The highest BCUT2D eigenvalue weighted by atomic mass is 19.2. The molecule has 51 heavy (non-hydrogen) atoms. The van der Waals surface area contributed by atoms with Crippen LogP contribution in [-0.2, 0) is 17.7 Å².